The molecule has 186 valence electrons. The maximum absolute atomic E-state index is 10.3. The average Bonchev–Trinajstić information content (AvgIpc) is 3.26. The van der Waals surface area contributed by atoms with Gasteiger partial charge in [-0.1, -0.05) is 27.7 Å². The molecule has 1 N–H and O–H groups in total. The van der Waals surface area contributed by atoms with Crippen LogP contribution in [-0.2, 0) is 17.4 Å². The quantitative estimate of drug-likeness (QED) is 0.445. The van der Waals surface area contributed by atoms with E-state index in [4.69, 9.17) is 14.2 Å². The summed E-state index contributed by atoms with van der Waals surface area (Å²) in [5.41, 5.74) is 3.63. The van der Waals surface area contributed by atoms with Crippen molar-refractivity contribution in [2.45, 2.75) is 84.0 Å². The third-order valence-corrected chi connectivity index (χ3v) is 7.40. The largest absolute Gasteiger partial charge is 0.508 e. The molecule has 0 bridgehead atoms. The third-order valence-electron chi connectivity index (χ3n) is 7.40. The number of rotatable bonds is 5. The normalized spacial score (nSPS) is 21.5. The van der Waals surface area contributed by atoms with Crippen molar-refractivity contribution in [1.82, 2.24) is 9.78 Å². The molecule has 5 rings (SSSR count). The predicted molar refractivity (Wildman–Crippen MR) is 136 cm³/mol. The first kappa shape index (κ1) is 23.6. The van der Waals surface area contributed by atoms with Gasteiger partial charge in [-0.25, -0.2) is 0 Å². The fourth-order valence-corrected chi connectivity index (χ4v) is 5.72. The third kappa shape index (κ3) is 4.35. The van der Waals surface area contributed by atoms with Gasteiger partial charge < -0.3 is 19.3 Å². The van der Waals surface area contributed by atoms with Gasteiger partial charge in [0, 0.05) is 60.2 Å². The predicted octanol–water partition coefficient (Wildman–Crippen LogP) is 6.19. The number of aromatic nitrogens is 2. The minimum Gasteiger partial charge on any atom is -0.508 e. The molecule has 6 nitrogen and oxygen atoms in total. The molecule has 2 aliphatic heterocycles. The van der Waals surface area contributed by atoms with Crippen LogP contribution in [0.25, 0.3) is 0 Å². The molecule has 35 heavy (non-hydrogen) atoms. The smallest absolute Gasteiger partial charge is 0.252 e. The zero-order valence-electron chi connectivity index (χ0n) is 21.6. The number of hydrogen-bond acceptors (Lipinski definition) is 5. The lowest BCUT2D eigenvalue weighted by Gasteiger charge is -2.51. The second-order valence-electron chi connectivity index (χ2n) is 11.5. The van der Waals surface area contributed by atoms with Crippen LogP contribution in [0.3, 0.4) is 0 Å². The van der Waals surface area contributed by atoms with E-state index in [1.54, 1.807) is 6.20 Å². The van der Waals surface area contributed by atoms with Crippen LogP contribution in [0, 0.1) is 13.8 Å². The number of aromatic hydroxyl groups is 1. The molecule has 0 amide bonds. The average molecular weight is 477 g/mol. The summed E-state index contributed by atoms with van der Waals surface area (Å²) in [5, 5.41) is 14.6. The zero-order chi connectivity index (χ0) is 25.0. The van der Waals surface area contributed by atoms with E-state index in [1.165, 1.54) is 0 Å². The van der Waals surface area contributed by atoms with Crippen LogP contribution in [0.5, 0.6) is 23.0 Å². The Labute approximate surface area is 207 Å². The van der Waals surface area contributed by atoms with Crippen LogP contribution in [0.4, 0.5) is 0 Å². The topological polar surface area (TPSA) is 65.7 Å². The Kier molecular flexibility index (Phi) is 5.53. The highest BCUT2D eigenvalue weighted by molar-refractivity contribution is 5.53. The molecule has 2 aromatic carbocycles. The van der Waals surface area contributed by atoms with Crippen molar-refractivity contribution < 1.29 is 19.3 Å². The van der Waals surface area contributed by atoms with Gasteiger partial charge in [0.1, 0.15) is 23.0 Å². The molecule has 0 saturated heterocycles. The molecule has 0 radical (unpaired) electrons. The number of aryl methyl sites for hydroxylation is 3. The number of nitrogens with zero attached hydrogens (tertiary/aromatic N) is 2. The summed E-state index contributed by atoms with van der Waals surface area (Å²) < 4.78 is 21.5. The van der Waals surface area contributed by atoms with Crippen molar-refractivity contribution in [3.05, 3.63) is 65.0 Å². The Morgan fingerprint density at radius 2 is 1.57 bits per heavy atom. The minimum absolute atomic E-state index is 0.173. The number of hydrogen-bond donors (Lipinski definition) is 1. The standard InChI is InChI=1S/C29H36N2O4/c1-19-13-25-21(15-23(19)32)27(3,4)17-29(34-25)18-28(5,6)22-16-24(20(2)14-26(22)35-29)33-12-8-11-31-10-7-9-30-31/h7,9-10,13-16,32H,8,11-12,17-18H2,1-6H3. The Bertz CT molecular complexity index is 1250. The number of ether oxygens (including phenoxy) is 3. The number of phenolic OH excluding ortho intramolecular Hbond substituents is 1. The van der Waals surface area contributed by atoms with Crippen molar-refractivity contribution >= 4 is 0 Å². The van der Waals surface area contributed by atoms with Crippen LogP contribution in [0.2, 0.25) is 0 Å². The fraction of sp³-hybridized carbons (Fsp3) is 0.483. The summed E-state index contributed by atoms with van der Waals surface area (Å²) in [5.74, 6) is 2.09. The van der Waals surface area contributed by atoms with Gasteiger partial charge >= 0.3 is 0 Å². The van der Waals surface area contributed by atoms with Crippen LogP contribution in [-0.4, -0.2) is 27.3 Å². The second kappa shape index (κ2) is 8.21. The highest BCUT2D eigenvalue weighted by Crippen LogP contribution is 2.55. The molecule has 1 unspecified atom stereocenters. The molecule has 6 heteroatoms. The lowest BCUT2D eigenvalue weighted by molar-refractivity contribution is -0.166. The first-order valence-corrected chi connectivity index (χ1v) is 12.5. The van der Waals surface area contributed by atoms with Crippen LogP contribution in [0.1, 0.15) is 69.2 Å². The zero-order valence-corrected chi connectivity index (χ0v) is 21.6. The van der Waals surface area contributed by atoms with Gasteiger partial charge in [-0.2, -0.15) is 5.10 Å². The summed E-state index contributed by atoms with van der Waals surface area (Å²) in [4.78, 5) is 0. The van der Waals surface area contributed by atoms with E-state index in [1.807, 2.05) is 36.0 Å². The van der Waals surface area contributed by atoms with Crippen LogP contribution >= 0.6 is 0 Å². The maximum Gasteiger partial charge on any atom is 0.252 e. The molecule has 0 fully saturated rings. The van der Waals surface area contributed by atoms with Gasteiger partial charge in [0.2, 0.25) is 0 Å². The number of phenols is 1. The van der Waals surface area contributed by atoms with Gasteiger partial charge in [0.25, 0.3) is 5.79 Å². The van der Waals surface area contributed by atoms with Crippen molar-refractivity contribution in [3.63, 3.8) is 0 Å². The molecule has 3 heterocycles. The van der Waals surface area contributed by atoms with E-state index in [0.29, 0.717) is 18.8 Å². The number of benzene rings is 2. The Morgan fingerprint density at radius 3 is 2.20 bits per heavy atom. The van der Waals surface area contributed by atoms with Crippen LogP contribution < -0.4 is 14.2 Å². The van der Waals surface area contributed by atoms with Crippen molar-refractivity contribution in [1.29, 1.82) is 0 Å². The molecule has 0 aliphatic carbocycles. The summed E-state index contributed by atoms with van der Waals surface area (Å²) in [7, 11) is 0. The Hall–Kier alpha value is -3.15. The van der Waals surface area contributed by atoms with E-state index in [-0.39, 0.29) is 10.8 Å². The number of fused-ring (bicyclic) bond motifs is 2. The lowest BCUT2D eigenvalue weighted by Crippen LogP contribution is -2.55. The summed E-state index contributed by atoms with van der Waals surface area (Å²) >= 11 is 0. The van der Waals surface area contributed by atoms with Crippen molar-refractivity contribution in [2.75, 3.05) is 6.61 Å². The molecule has 2 aliphatic rings. The molecule has 1 atom stereocenters. The van der Waals surface area contributed by atoms with E-state index < -0.39 is 5.79 Å². The monoisotopic (exact) mass is 476 g/mol. The Balaban J connectivity index is 1.40. The van der Waals surface area contributed by atoms with Gasteiger partial charge in [-0.3, -0.25) is 4.68 Å². The second-order valence-corrected chi connectivity index (χ2v) is 11.5. The van der Waals surface area contributed by atoms with Crippen LogP contribution in [0.15, 0.2) is 42.7 Å². The minimum atomic E-state index is -0.769. The maximum atomic E-state index is 10.3. The molecule has 1 aromatic heterocycles. The first-order valence-electron chi connectivity index (χ1n) is 12.5. The van der Waals surface area contributed by atoms with Gasteiger partial charge in [0.15, 0.2) is 0 Å². The van der Waals surface area contributed by atoms with E-state index in [2.05, 4.69) is 51.9 Å². The molecule has 1 spiro atoms. The summed E-state index contributed by atoms with van der Waals surface area (Å²) in [6.45, 7) is 14.3. The first-order chi connectivity index (χ1) is 16.5. The van der Waals surface area contributed by atoms with E-state index >= 15 is 0 Å². The van der Waals surface area contributed by atoms with Crippen molar-refractivity contribution in [3.8, 4) is 23.0 Å². The summed E-state index contributed by atoms with van der Waals surface area (Å²) in [6.07, 6.45) is 6.07. The Morgan fingerprint density at radius 1 is 0.943 bits per heavy atom. The van der Waals surface area contributed by atoms with Gasteiger partial charge in [0.05, 0.1) is 6.61 Å². The molecular weight excluding hydrogens is 440 g/mol. The molecule has 3 aromatic rings. The fourth-order valence-electron chi connectivity index (χ4n) is 5.72. The molecule has 0 saturated carbocycles. The van der Waals surface area contributed by atoms with Gasteiger partial charge in [-0.05, 0) is 55.3 Å². The molecular formula is C29H36N2O4. The highest BCUT2D eigenvalue weighted by Gasteiger charge is 2.53. The van der Waals surface area contributed by atoms with E-state index in [9.17, 15) is 5.11 Å². The van der Waals surface area contributed by atoms with Crippen molar-refractivity contribution in [2.24, 2.45) is 0 Å². The van der Waals surface area contributed by atoms with E-state index in [0.717, 1.165) is 58.9 Å². The SMILES string of the molecule is Cc1cc2c(cc1O)C(C)(C)CC1(CC(C)(C)c3cc(OCCCn4cccn4)c(C)cc3O1)O2. The summed E-state index contributed by atoms with van der Waals surface area (Å²) in [6, 6.07) is 9.96. The lowest BCUT2D eigenvalue weighted by atomic mass is 9.69. The highest BCUT2D eigenvalue weighted by atomic mass is 16.7. The van der Waals surface area contributed by atoms with Gasteiger partial charge in [-0.15, -0.1) is 0 Å².